The summed E-state index contributed by atoms with van der Waals surface area (Å²) in [5, 5.41) is 3.35. The van der Waals surface area contributed by atoms with E-state index in [1.807, 2.05) is 73.5 Å². The van der Waals surface area contributed by atoms with Gasteiger partial charge in [-0.25, -0.2) is 4.90 Å². The first-order chi connectivity index (χ1) is 18.3. The van der Waals surface area contributed by atoms with Crippen molar-refractivity contribution in [3.8, 4) is 5.75 Å². The highest BCUT2D eigenvalue weighted by Gasteiger charge is 2.64. The summed E-state index contributed by atoms with van der Waals surface area (Å²) in [7, 11) is 1.51. The first-order valence-electron chi connectivity index (χ1n) is 12.4. The topological polar surface area (TPSA) is 79.0 Å². The van der Waals surface area contributed by atoms with Crippen LogP contribution in [0.15, 0.2) is 66.9 Å². The summed E-state index contributed by atoms with van der Waals surface area (Å²) in [5.41, 5.74) is 4.72. The van der Waals surface area contributed by atoms with Crippen LogP contribution >= 0.6 is 11.6 Å². The van der Waals surface area contributed by atoms with Crippen molar-refractivity contribution in [3.05, 3.63) is 94.1 Å². The van der Waals surface area contributed by atoms with Crippen LogP contribution in [0.1, 0.15) is 28.3 Å². The molecule has 0 spiro atoms. The molecular weight excluding hydrogens is 502 g/mol. The van der Waals surface area contributed by atoms with Gasteiger partial charge in [-0.3, -0.25) is 14.4 Å². The number of halogens is 1. The highest BCUT2D eigenvalue weighted by Crippen LogP contribution is 2.53. The molecule has 8 heteroatoms. The zero-order valence-corrected chi connectivity index (χ0v) is 21.9. The van der Waals surface area contributed by atoms with Crippen molar-refractivity contribution in [2.24, 2.45) is 11.8 Å². The number of carbonyl (C=O) groups is 3. The van der Waals surface area contributed by atoms with Gasteiger partial charge in [-0.2, -0.15) is 0 Å². The van der Waals surface area contributed by atoms with Crippen LogP contribution in [0.4, 0.5) is 11.4 Å². The average Bonchev–Trinajstić information content (AvgIpc) is 3.36. The first kappa shape index (κ1) is 24.2. The average molecular weight is 528 g/mol. The van der Waals surface area contributed by atoms with Gasteiger partial charge in [0.15, 0.2) is 0 Å². The number of ether oxygens (including phenoxy) is 1. The van der Waals surface area contributed by atoms with Crippen LogP contribution in [0.5, 0.6) is 5.75 Å². The van der Waals surface area contributed by atoms with Gasteiger partial charge in [-0.1, -0.05) is 41.9 Å². The maximum Gasteiger partial charge on any atom is 0.248 e. The largest absolute Gasteiger partial charge is 0.495 e. The van der Waals surface area contributed by atoms with Crippen LogP contribution < -0.4 is 15.0 Å². The Morgan fingerprint density at radius 1 is 0.947 bits per heavy atom. The Morgan fingerprint density at radius 3 is 2.39 bits per heavy atom. The molecule has 3 aliphatic heterocycles. The molecule has 6 rings (SSSR count). The van der Waals surface area contributed by atoms with Gasteiger partial charge in [0.05, 0.1) is 36.4 Å². The second kappa shape index (κ2) is 9.03. The van der Waals surface area contributed by atoms with E-state index in [9.17, 15) is 14.4 Å². The van der Waals surface area contributed by atoms with Crippen molar-refractivity contribution in [2.45, 2.75) is 25.9 Å². The van der Waals surface area contributed by atoms with Crippen LogP contribution in [0, 0.1) is 25.7 Å². The lowest BCUT2D eigenvalue weighted by molar-refractivity contribution is -0.128. The van der Waals surface area contributed by atoms with Gasteiger partial charge in [-0.05, 0) is 72.5 Å². The summed E-state index contributed by atoms with van der Waals surface area (Å²) in [6, 6.07) is 17.0. The summed E-state index contributed by atoms with van der Waals surface area (Å²) in [4.78, 5) is 45.2. The number of rotatable bonds is 4. The molecule has 38 heavy (non-hydrogen) atoms. The second-order valence-electron chi connectivity index (χ2n) is 10.0. The number of nitrogens with zero attached hydrogens (tertiary/aromatic N) is 2. The van der Waals surface area contributed by atoms with E-state index in [0.717, 1.165) is 22.3 Å². The molecule has 3 amide bonds. The van der Waals surface area contributed by atoms with Gasteiger partial charge in [0.25, 0.3) is 0 Å². The summed E-state index contributed by atoms with van der Waals surface area (Å²) in [6.07, 6.45) is 3.75. The molecule has 192 valence electrons. The number of anilines is 2. The molecule has 3 aliphatic rings. The minimum absolute atomic E-state index is 0.291. The van der Waals surface area contributed by atoms with E-state index >= 15 is 0 Å². The van der Waals surface area contributed by atoms with Gasteiger partial charge in [-0.15, -0.1) is 0 Å². The van der Waals surface area contributed by atoms with E-state index in [2.05, 4.69) is 5.32 Å². The molecule has 3 heterocycles. The maximum absolute atomic E-state index is 14.0. The van der Waals surface area contributed by atoms with Gasteiger partial charge >= 0.3 is 0 Å². The monoisotopic (exact) mass is 527 g/mol. The number of nitrogens with one attached hydrogen (secondary N) is 1. The Balaban J connectivity index is 1.45. The number of hydrogen-bond donors (Lipinski definition) is 1. The number of amides is 3. The summed E-state index contributed by atoms with van der Waals surface area (Å²) < 4.78 is 5.41. The normalized spacial score (nSPS) is 23.3. The Hall–Kier alpha value is -4.10. The molecule has 3 aromatic carbocycles. The number of aryl methyl sites for hydroxylation is 2. The fraction of sp³-hybridized carbons (Fsp3) is 0.233. The van der Waals surface area contributed by atoms with Crippen molar-refractivity contribution >= 4 is 46.8 Å². The van der Waals surface area contributed by atoms with E-state index < -0.39 is 29.8 Å². The summed E-state index contributed by atoms with van der Waals surface area (Å²) >= 11 is 6.19. The third kappa shape index (κ3) is 3.69. The van der Waals surface area contributed by atoms with E-state index in [1.54, 1.807) is 18.2 Å². The van der Waals surface area contributed by atoms with Gasteiger partial charge in [0, 0.05) is 11.2 Å². The van der Waals surface area contributed by atoms with Crippen molar-refractivity contribution in [3.63, 3.8) is 0 Å². The van der Waals surface area contributed by atoms with E-state index in [-0.39, 0.29) is 11.8 Å². The van der Waals surface area contributed by atoms with Crippen molar-refractivity contribution in [1.82, 2.24) is 4.90 Å². The van der Waals surface area contributed by atoms with Gasteiger partial charge in [0.2, 0.25) is 17.7 Å². The molecule has 0 bridgehead atoms. The predicted octanol–water partition coefficient (Wildman–Crippen LogP) is 5.12. The van der Waals surface area contributed by atoms with Crippen LogP contribution in [0.3, 0.4) is 0 Å². The van der Waals surface area contributed by atoms with Gasteiger partial charge in [0.1, 0.15) is 11.8 Å². The molecule has 1 N–H and O–H groups in total. The smallest absolute Gasteiger partial charge is 0.248 e. The van der Waals surface area contributed by atoms with E-state index in [4.69, 9.17) is 16.3 Å². The highest BCUT2D eigenvalue weighted by atomic mass is 35.5. The second-order valence-corrected chi connectivity index (χ2v) is 10.5. The number of hydrogen-bond acceptors (Lipinski definition) is 5. The Morgan fingerprint density at radius 2 is 1.66 bits per heavy atom. The van der Waals surface area contributed by atoms with E-state index in [1.165, 1.54) is 12.0 Å². The fourth-order valence-electron chi connectivity index (χ4n) is 6.18. The van der Waals surface area contributed by atoms with Crippen LogP contribution in [0.25, 0.3) is 6.08 Å². The SMILES string of the molecule is COc1ccc(Cl)cc1NC(=O)[C@@H]1[C@@H]2C(=O)N(c3cc(C)cc(C)c3)C(=O)[C@@H]2[C@@H]2c3ccccc3C=CN12. The summed E-state index contributed by atoms with van der Waals surface area (Å²) in [6.45, 7) is 3.86. The molecule has 4 atom stereocenters. The Bertz CT molecular complexity index is 1510. The third-order valence-electron chi connectivity index (χ3n) is 7.61. The highest BCUT2D eigenvalue weighted by molar-refractivity contribution is 6.31. The number of carbonyl (C=O) groups excluding carboxylic acids is 3. The maximum atomic E-state index is 14.0. The minimum Gasteiger partial charge on any atom is -0.495 e. The van der Waals surface area contributed by atoms with Crippen LogP contribution in [0.2, 0.25) is 5.02 Å². The van der Waals surface area contributed by atoms with E-state index in [0.29, 0.717) is 22.1 Å². The molecule has 0 saturated carbocycles. The first-order valence-corrected chi connectivity index (χ1v) is 12.8. The van der Waals surface area contributed by atoms with Crippen molar-refractivity contribution in [2.75, 3.05) is 17.3 Å². The molecule has 0 radical (unpaired) electrons. The van der Waals surface area contributed by atoms with Crippen LogP contribution in [-0.2, 0) is 14.4 Å². The number of imide groups is 1. The zero-order chi connectivity index (χ0) is 26.7. The quantitative estimate of drug-likeness (QED) is 0.476. The lowest BCUT2D eigenvalue weighted by atomic mass is 9.84. The molecule has 2 fully saturated rings. The zero-order valence-electron chi connectivity index (χ0n) is 21.1. The molecular formula is C30H26ClN3O4. The lowest BCUT2D eigenvalue weighted by Crippen LogP contribution is -2.46. The Kier molecular flexibility index (Phi) is 5.76. The van der Waals surface area contributed by atoms with Crippen LogP contribution in [-0.4, -0.2) is 35.8 Å². The predicted molar refractivity (Wildman–Crippen MR) is 146 cm³/mol. The molecule has 7 nitrogen and oxygen atoms in total. The number of benzene rings is 3. The molecule has 0 aromatic heterocycles. The van der Waals surface area contributed by atoms with Crippen molar-refractivity contribution < 1.29 is 19.1 Å². The molecule has 0 aliphatic carbocycles. The van der Waals surface area contributed by atoms with Gasteiger partial charge < -0.3 is 15.0 Å². The van der Waals surface area contributed by atoms with Crippen molar-refractivity contribution in [1.29, 1.82) is 0 Å². The third-order valence-corrected chi connectivity index (χ3v) is 7.85. The fourth-order valence-corrected chi connectivity index (χ4v) is 6.35. The number of fused-ring (bicyclic) bond motifs is 5. The standard InChI is InChI=1S/C30H26ClN3O4/c1-16-12-17(2)14-20(13-16)34-29(36)24-25(30(34)37)27(28(35)32-22-15-19(31)8-9-23(22)38-3)33-11-10-18-6-4-5-7-21(18)26(24)33/h4-15,24-27H,1-3H3,(H,32,35)/t24-,25+,26-,27-/m0/s1. The molecule has 3 aromatic rings. The lowest BCUT2D eigenvalue weighted by Gasteiger charge is -2.35. The molecule has 0 unspecified atom stereocenters. The summed E-state index contributed by atoms with van der Waals surface area (Å²) in [5.74, 6) is -2.21. The minimum atomic E-state index is -0.911. The number of methoxy groups -OCH3 is 1. The molecule has 2 saturated heterocycles. The Labute approximate surface area is 225 Å².